The van der Waals surface area contributed by atoms with E-state index in [0.717, 1.165) is 18.6 Å². The molecule has 2 nitrogen and oxygen atoms in total. The van der Waals surface area contributed by atoms with Gasteiger partial charge in [-0.25, -0.2) is 8.78 Å². The molecular formula is C13H15F2NO. The van der Waals surface area contributed by atoms with Crippen molar-refractivity contribution in [2.24, 2.45) is 5.92 Å². The molecule has 0 N–H and O–H groups in total. The van der Waals surface area contributed by atoms with Gasteiger partial charge < -0.3 is 4.90 Å². The van der Waals surface area contributed by atoms with E-state index in [1.807, 2.05) is 6.92 Å². The smallest absolute Gasteiger partial charge is 0.150 e. The number of hydrogen-bond donors (Lipinski definition) is 0. The zero-order chi connectivity index (χ0) is 12.6. The molecule has 1 aromatic rings. The van der Waals surface area contributed by atoms with Crippen LogP contribution in [-0.4, -0.2) is 18.9 Å². The van der Waals surface area contributed by atoms with Gasteiger partial charge in [-0.15, -0.1) is 0 Å². The highest BCUT2D eigenvalue weighted by atomic mass is 19.1. The number of rotatable bonds is 2. The molecule has 4 heteroatoms. The number of halogens is 2. The standard InChI is InChI=1S/C13H15F2NO/c1-8-3-9(2)16(6-8)13-11(14)4-10(7-17)5-12(13)15/h4-5,7-9H,3,6H2,1-2H3. The first-order valence-electron chi connectivity index (χ1n) is 5.73. The molecule has 1 aliphatic rings. The van der Waals surface area contributed by atoms with Crippen molar-refractivity contribution in [3.8, 4) is 0 Å². The number of hydrogen-bond acceptors (Lipinski definition) is 2. The van der Waals surface area contributed by atoms with Gasteiger partial charge in [-0.1, -0.05) is 6.92 Å². The molecule has 1 heterocycles. The number of benzene rings is 1. The molecule has 0 spiro atoms. The summed E-state index contributed by atoms with van der Waals surface area (Å²) < 4.78 is 27.6. The lowest BCUT2D eigenvalue weighted by Gasteiger charge is -2.25. The molecule has 1 aromatic carbocycles. The predicted molar refractivity (Wildman–Crippen MR) is 62.3 cm³/mol. The van der Waals surface area contributed by atoms with Crippen molar-refractivity contribution in [3.63, 3.8) is 0 Å². The third-order valence-electron chi connectivity index (χ3n) is 3.25. The normalized spacial score (nSPS) is 24.1. The monoisotopic (exact) mass is 239 g/mol. The highest BCUT2D eigenvalue weighted by Gasteiger charge is 2.30. The van der Waals surface area contributed by atoms with E-state index in [2.05, 4.69) is 6.92 Å². The number of carbonyl (C=O) groups excluding carboxylic acids is 1. The first-order chi connectivity index (χ1) is 8.02. The third-order valence-corrected chi connectivity index (χ3v) is 3.25. The van der Waals surface area contributed by atoms with Crippen LogP contribution in [-0.2, 0) is 0 Å². The maximum Gasteiger partial charge on any atom is 0.150 e. The molecule has 1 saturated heterocycles. The van der Waals surface area contributed by atoms with E-state index in [1.165, 1.54) is 0 Å². The predicted octanol–water partition coefficient (Wildman–Crippen LogP) is 3.01. The van der Waals surface area contributed by atoms with Gasteiger partial charge in [0.15, 0.2) is 0 Å². The topological polar surface area (TPSA) is 20.3 Å². The van der Waals surface area contributed by atoms with Crippen LogP contribution < -0.4 is 4.90 Å². The lowest BCUT2D eigenvalue weighted by Crippen LogP contribution is -2.28. The van der Waals surface area contributed by atoms with E-state index in [0.29, 0.717) is 18.7 Å². The summed E-state index contributed by atoms with van der Waals surface area (Å²) in [5.74, 6) is -0.893. The van der Waals surface area contributed by atoms with Crippen molar-refractivity contribution in [2.45, 2.75) is 26.3 Å². The first kappa shape index (κ1) is 12.0. The van der Waals surface area contributed by atoms with Crippen LogP contribution in [0.1, 0.15) is 30.6 Å². The average Bonchev–Trinajstić information content (AvgIpc) is 2.57. The molecule has 0 saturated carbocycles. The highest BCUT2D eigenvalue weighted by Crippen LogP contribution is 2.33. The molecule has 2 rings (SSSR count). The van der Waals surface area contributed by atoms with Crippen molar-refractivity contribution < 1.29 is 13.6 Å². The second-order valence-electron chi connectivity index (χ2n) is 4.79. The molecule has 1 aliphatic heterocycles. The van der Waals surface area contributed by atoms with Crippen LogP contribution in [0.4, 0.5) is 14.5 Å². The lowest BCUT2D eigenvalue weighted by atomic mass is 10.1. The summed E-state index contributed by atoms with van der Waals surface area (Å²) >= 11 is 0. The Morgan fingerprint density at radius 3 is 2.29 bits per heavy atom. The van der Waals surface area contributed by atoms with Crippen molar-refractivity contribution in [1.29, 1.82) is 0 Å². The number of carbonyl (C=O) groups is 1. The molecule has 0 aromatic heterocycles. The Hall–Kier alpha value is -1.45. The molecule has 2 atom stereocenters. The Morgan fingerprint density at radius 2 is 1.88 bits per heavy atom. The van der Waals surface area contributed by atoms with Gasteiger partial charge in [-0.3, -0.25) is 4.79 Å². The fourth-order valence-electron chi connectivity index (χ4n) is 2.54. The van der Waals surface area contributed by atoms with Crippen LogP contribution >= 0.6 is 0 Å². The van der Waals surface area contributed by atoms with Crippen LogP contribution in [0, 0.1) is 17.6 Å². The van der Waals surface area contributed by atoms with Gasteiger partial charge in [-0.2, -0.15) is 0 Å². The summed E-state index contributed by atoms with van der Waals surface area (Å²) in [5, 5.41) is 0. The zero-order valence-electron chi connectivity index (χ0n) is 9.91. The van der Waals surface area contributed by atoms with Crippen molar-refractivity contribution >= 4 is 12.0 Å². The zero-order valence-corrected chi connectivity index (χ0v) is 9.91. The van der Waals surface area contributed by atoms with E-state index >= 15 is 0 Å². The van der Waals surface area contributed by atoms with Crippen molar-refractivity contribution in [3.05, 3.63) is 29.3 Å². The maximum absolute atomic E-state index is 13.8. The van der Waals surface area contributed by atoms with E-state index < -0.39 is 11.6 Å². The van der Waals surface area contributed by atoms with Gasteiger partial charge in [0.05, 0.1) is 0 Å². The van der Waals surface area contributed by atoms with E-state index in [1.54, 1.807) is 4.90 Å². The molecule has 0 aliphatic carbocycles. The van der Waals surface area contributed by atoms with Crippen LogP contribution in [0.5, 0.6) is 0 Å². The fraction of sp³-hybridized carbons (Fsp3) is 0.462. The first-order valence-corrected chi connectivity index (χ1v) is 5.73. The fourth-order valence-corrected chi connectivity index (χ4v) is 2.54. The molecule has 0 amide bonds. The van der Waals surface area contributed by atoms with Gasteiger partial charge >= 0.3 is 0 Å². The Labute approximate surface area is 99.2 Å². The molecule has 92 valence electrons. The van der Waals surface area contributed by atoms with Gasteiger partial charge in [-0.05, 0) is 31.4 Å². The van der Waals surface area contributed by atoms with E-state index in [-0.39, 0.29) is 17.3 Å². The minimum absolute atomic E-state index is 0.00699. The van der Waals surface area contributed by atoms with E-state index in [9.17, 15) is 13.6 Å². The molecular weight excluding hydrogens is 224 g/mol. The van der Waals surface area contributed by atoms with Gasteiger partial charge in [0, 0.05) is 18.2 Å². The Morgan fingerprint density at radius 1 is 1.29 bits per heavy atom. The molecule has 0 radical (unpaired) electrons. The lowest BCUT2D eigenvalue weighted by molar-refractivity contribution is 0.112. The highest BCUT2D eigenvalue weighted by molar-refractivity contribution is 5.76. The largest absolute Gasteiger partial charge is 0.364 e. The molecule has 0 bridgehead atoms. The minimum atomic E-state index is -0.659. The Balaban J connectivity index is 2.42. The van der Waals surface area contributed by atoms with Crippen LogP contribution in [0.25, 0.3) is 0 Å². The second kappa shape index (κ2) is 4.43. The average molecular weight is 239 g/mol. The second-order valence-corrected chi connectivity index (χ2v) is 4.79. The van der Waals surface area contributed by atoms with E-state index in [4.69, 9.17) is 0 Å². The van der Waals surface area contributed by atoms with Gasteiger partial charge in [0.25, 0.3) is 0 Å². The molecule has 2 unspecified atom stereocenters. The quantitative estimate of drug-likeness (QED) is 0.739. The van der Waals surface area contributed by atoms with Gasteiger partial charge in [0.2, 0.25) is 0 Å². The minimum Gasteiger partial charge on any atom is -0.364 e. The summed E-state index contributed by atoms with van der Waals surface area (Å²) in [5.41, 5.74) is 0.0242. The molecule has 17 heavy (non-hydrogen) atoms. The molecule has 1 fully saturated rings. The van der Waals surface area contributed by atoms with Crippen LogP contribution in [0.15, 0.2) is 12.1 Å². The Bertz CT molecular complexity index is 424. The SMILES string of the molecule is CC1CC(C)N(c2c(F)cc(C=O)cc2F)C1. The number of aldehydes is 1. The number of nitrogens with zero attached hydrogens (tertiary/aromatic N) is 1. The maximum atomic E-state index is 13.8. The Kier molecular flexibility index (Phi) is 3.13. The van der Waals surface area contributed by atoms with Crippen LogP contribution in [0.2, 0.25) is 0 Å². The summed E-state index contributed by atoms with van der Waals surface area (Å²) in [6.07, 6.45) is 1.38. The summed E-state index contributed by atoms with van der Waals surface area (Å²) in [6, 6.07) is 2.29. The van der Waals surface area contributed by atoms with Crippen molar-refractivity contribution in [2.75, 3.05) is 11.4 Å². The third kappa shape index (κ3) is 2.16. The van der Waals surface area contributed by atoms with Crippen LogP contribution in [0.3, 0.4) is 0 Å². The summed E-state index contributed by atoms with van der Waals surface area (Å²) in [7, 11) is 0. The number of anilines is 1. The van der Waals surface area contributed by atoms with Gasteiger partial charge in [0.1, 0.15) is 23.6 Å². The summed E-state index contributed by atoms with van der Waals surface area (Å²) in [4.78, 5) is 12.3. The summed E-state index contributed by atoms with van der Waals surface area (Å²) in [6.45, 7) is 4.66. The van der Waals surface area contributed by atoms with Crippen molar-refractivity contribution in [1.82, 2.24) is 0 Å².